The van der Waals surface area contributed by atoms with E-state index in [2.05, 4.69) is 19.2 Å². The SMILES string of the molecule is CCOC(=O)C1CCC(NC2CCC(C)C(C)C2)CC1. The molecule has 0 aliphatic heterocycles. The molecule has 116 valence electrons. The minimum Gasteiger partial charge on any atom is -0.466 e. The van der Waals surface area contributed by atoms with Crippen LogP contribution < -0.4 is 5.32 Å². The Kier molecular flexibility index (Phi) is 5.88. The maximum absolute atomic E-state index is 11.7. The molecule has 0 aromatic rings. The van der Waals surface area contributed by atoms with Gasteiger partial charge in [-0.1, -0.05) is 13.8 Å². The van der Waals surface area contributed by atoms with E-state index in [-0.39, 0.29) is 11.9 Å². The van der Waals surface area contributed by atoms with Crippen molar-refractivity contribution in [2.75, 3.05) is 6.61 Å². The zero-order chi connectivity index (χ0) is 14.5. The summed E-state index contributed by atoms with van der Waals surface area (Å²) in [5.41, 5.74) is 0. The lowest BCUT2D eigenvalue weighted by Crippen LogP contribution is -2.44. The predicted molar refractivity (Wildman–Crippen MR) is 81.5 cm³/mol. The van der Waals surface area contributed by atoms with Crippen molar-refractivity contribution in [2.24, 2.45) is 17.8 Å². The Labute approximate surface area is 123 Å². The molecule has 0 bridgehead atoms. The smallest absolute Gasteiger partial charge is 0.308 e. The predicted octanol–water partition coefficient (Wildman–Crippen LogP) is 3.52. The third-order valence-corrected chi connectivity index (χ3v) is 5.42. The summed E-state index contributed by atoms with van der Waals surface area (Å²) in [5.74, 6) is 1.90. The highest BCUT2D eigenvalue weighted by Gasteiger charge is 2.30. The van der Waals surface area contributed by atoms with E-state index in [1.807, 2.05) is 6.92 Å². The second-order valence-electron chi connectivity index (χ2n) is 6.93. The van der Waals surface area contributed by atoms with Gasteiger partial charge in [-0.3, -0.25) is 4.79 Å². The van der Waals surface area contributed by atoms with Gasteiger partial charge < -0.3 is 10.1 Å². The Morgan fingerprint density at radius 1 is 1.00 bits per heavy atom. The van der Waals surface area contributed by atoms with Crippen LogP contribution in [-0.2, 0) is 9.53 Å². The maximum atomic E-state index is 11.7. The molecule has 3 nitrogen and oxygen atoms in total. The highest BCUT2D eigenvalue weighted by molar-refractivity contribution is 5.72. The first-order valence-electron chi connectivity index (χ1n) is 8.52. The molecule has 0 aromatic carbocycles. The van der Waals surface area contributed by atoms with Gasteiger partial charge >= 0.3 is 5.97 Å². The third kappa shape index (κ3) is 4.21. The molecule has 2 fully saturated rings. The number of carbonyl (C=O) groups is 1. The molecule has 0 amide bonds. The van der Waals surface area contributed by atoms with Gasteiger partial charge in [0.05, 0.1) is 12.5 Å². The van der Waals surface area contributed by atoms with Crippen LogP contribution in [0, 0.1) is 17.8 Å². The van der Waals surface area contributed by atoms with Gasteiger partial charge in [-0.2, -0.15) is 0 Å². The van der Waals surface area contributed by atoms with Crippen molar-refractivity contribution in [1.29, 1.82) is 0 Å². The lowest BCUT2D eigenvalue weighted by molar-refractivity contribution is -0.149. The van der Waals surface area contributed by atoms with Gasteiger partial charge in [0.15, 0.2) is 0 Å². The Morgan fingerprint density at radius 3 is 2.25 bits per heavy atom. The Morgan fingerprint density at radius 2 is 1.65 bits per heavy atom. The fourth-order valence-corrected chi connectivity index (χ4v) is 3.79. The molecular formula is C17H31NO2. The van der Waals surface area contributed by atoms with E-state index in [0.29, 0.717) is 18.7 Å². The average molecular weight is 281 g/mol. The lowest BCUT2D eigenvalue weighted by atomic mass is 9.78. The Hall–Kier alpha value is -0.570. The van der Waals surface area contributed by atoms with Gasteiger partial charge in [0.25, 0.3) is 0 Å². The van der Waals surface area contributed by atoms with Crippen molar-refractivity contribution in [1.82, 2.24) is 5.32 Å². The van der Waals surface area contributed by atoms with E-state index in [1.54, 1.807) is 0 Å². The molecule has 0 aromatic heterocycles. The summed E-state index contributed by atoms with van der Waals surface area (Å²) in [6, 6.07) is 1.32. The summed E-state index contributed by atoms with van der Waals surface area (Å²) < 4.78 is 5.13. The Balaban J connectivity index is 1.70. The summed E-state index contributed by atoms with van der Waals surface area (Å²) in [5, 5.41) is 3.85. The van der Waals surface area contributed by atoms with Crippen LogP contribution in [-0.4, -0.2) is 24.7 Å². The van der Waals surface area contributed by atoms with Crippen LogP contribution in [0.4, 0.5) is 0 Å². The highest BCUT2D eigenvalue weighted by Crippen LogP contribution is 2.31. The molecule has 2 saturated carbocycles. The number of hydrogen-bond donors (Lipinski definition) is 1. The van der Waals surface area contributed by atoms with Crippen LogP contribution in [0.25, 0.3) is 0 Å². The van der Waals surface area contributed by atoms with Gasteiger partial charge in [0, 0.05) is 12.1 Å². The van der Waals surface area contributed by atoms with Crippen LogP contribution in [0.3, 0.4) is 0 Å². The van der Waals surface area contributed by atoms with Crippen LogP contribution in [0.15, 0.2) is 0 Å². The monoisotopic (exact) mass is 281 g/mol. The van der Waals surface area contributed by atoms with Crippen LogP contribution in [0.1, 0.15) is 65.7 Å². The molecule has 20 heavy (non-hydrogen) atoms. The molecule has 3 unspecified atom stereocenters. The fraction of sp³-hybridized carbons (Fsp3) is 0.941. The van der Waals surface area contributed by atoms with E-state index in [0.717, 1.165) is 37.5 Å². The summed E-state index contributed by atoms with van der Waals surface area (Å²) >= 11 is 0. The zero-order valence-electron chi connectivity index (χ0n) is 13.4. The Bertz CT molecular complexity index is 310. The maximum Gasteiger partial charge on any atom is 0.308 e. The second kappa shape index (κ2) is 7.44. The minimum absolute atomic E-state index is 0.0195. The van der Waals surface area contributed by atoms with Gasteiger partial charge in [-0.25, -0.2) is 0 Å². The van der Waals surface area contributed by atoms with Crippen molar-refractivity contribution in [3.05, 3.63) is 0 Å². The van der Waals surface area contributed by atoms with Gasteiger partial charge in [0.1, 0.15) is 0 Å². The largest absolute Gasteiger partial charge is 0.466 e. The van der Waals surface area contributed by atoms with E-state index < -0.39 is 0 Å². The highest BCUT2D eigenvalue weighted by atomic mass is 16.5. The number of hydrogen-bond acceptors (Lipinski definition) is 3. The first kappa shape index (κ1) is 15.8. The topological polar surface area (TPSA) is 38.3 Å². The quantitative estimate of drug-likeness (QED) is 0.801. The zero-order valence-corrected chi connectivity index (χ0v) is 13.4. The number of nitrogens with one attached hydrogen (secondary N) is 1. The molecule has 2 rings (SSSR count). The summed E-state index contributed by atoms with van der Waals surface area (Å²) in [6.07, 6.45) is 8.25. The number of rotatable bonds is 4. The fourth-order valence-electron chi connectivity index (χ4n) is 3.79. The first-order valence-corrected chi connectivity index (χ1v) is 8.52. The molecule has 1 N–H and O–H groups in total. The lowest BCUT2D eigenvalue weighted by Gasteiger charge is -2.37. The molecule has 3 heteroatoms. The molecule has 2 aliphatic carbocycles. The van der Waals surface area contributed by atoms with E-state index >= 15 is 0 Å². The molecule has 3 atom stereocenters. The number of ether oxygens (including phenoxy) is 1. The standard InChI is InChI=1S/C17H31NO2/c1-4-20-17(19)14-6-9-15(10-7-14)18-16-8-5-12(2)13(3)11-16/h12-16,18H,4-11H2,1-3H3. The van der Waals surface area contributed by atoms with Crippen molar-refractivity contribution in [3.8, 4) is 0 Å². The van der Waals surface area contributed by atoms with E-state index in [9.17, 15) is 4.79 Å². The van der Waals surface area contributed by atoms with E-state index in [4.69, 9.17) is 4.74 Å². The number of carbonyl (C=O) groups excluding carboxylic acids is 1. The van der Waals surface area contributed by atoms with Gasteiger partial charge in [0.2, 0.25) is 0 Å². The molecule has 0 radical (unpaired) electrons. The van der Waals surface area contributed by atoms with Crippen molar-refractivity contribution in [3.63, 3.8) is 0 Å². The van der Waals surface area contributed by atoms with Crippen LogP contribution in [0.2, 0.25) is 0 Å². The van der Waals surface area contributed by atoms with Crippen molar-refractivity contribution in [2.45, 2.75) is 77.8 Å². The van der Waals surface area contributed by atoms with Crippen molar-refractivity contribution < 1.29 is 9.53 Å². The van der Waals surface area contributed by atoms with Gasteiger partial charge in [-0.05, 0) is 63.7 Å². The number of esters is 1. The van der Waals surface area contributed by atoms with Crippen LogP contribution in [0.5, 0.6) is 0 Å². The summed E-state index contributed by atoms with van der Waals surface area (Å²) in [4.78, 5) is 11.7. The molecule has 0 spiro atoms. The minimum atomic E-state index is 0.0195. The van der Waals surface area contributed by atoms with Gasteiger partial charge in [-0.15, -0.1) is 0 Å². The van der Waals surface area contributed by atoms with E-state index in [1.165, 1.54) is 19.3 Å². The third-order valence-electron chi connectivity index (χ3n) is 5.42. The normalized spacial score (nSPS) is 38.5. The molecular weight excluding hydrogens is 250 g/mol. The summed E-state index contributed by atoms with van der Waals surface area (Å²) in [6.45, 7) is 7.16. The van der Waals surface area contributed by atoms with Crippen molar-refractivity contribution >= 4 is 5.97 Å². The summed E-state index contributed by atoms with van der Waals surface area (Å²) in [7, 11) is 0. The molecule has 0 saturated heterocycles. The first-order chi connectivity index (χ1) is 9.60. The molecule has 0 heterocycles. The second-order valence-corrected chi connectivity index (χ2v) is 6.93. The van der Waals surface area contributed by atoms with Crippen LogP contribution >= 0.6 is 0 Å². The molecule has 2 aliphatic rings. The average Bonchev–Trinajstić information content (AvgIpc) is 2.44.